The van der Waals surface area contributed by atoms with E-state index < -0.39 is 5.91 Å². The number of carbonyl (C=O) groups is 1. The van der Waals surface area contributed by atoms with E-state index in [0.29, 0.717) is 15.3 Å². The van der Waals surface area contributed by atoms with Gasteiger partial charge in [0.1, 0.15) is 0 Å². The quantitative estimate of drug-likeness (QED) is 0.576. The summed E-state index contributed by atoms with van der Waals surface area (Å²) < 4.78 is 5.12. The molecule has 1 amide bonds. The predicted octanol–water partition coefficient (Wildman–Crippen LogP) is 1.50. The molecular weight excluding hydrogens is 214 g/mol. The van der Waals surface area contributed by atoms with Crippen LogP contribution in [0.5, 0.6) is 0 Å². The van der Waals surface area contributed by atoms with E-state index in [4.69, 9.17) is 9.62 Å². The molecule has 0 radical (unpaired) electrons. The summed E-state index contributed by atoms with van der Waals surface area (Å²) in [6.45, 7) is 0. The molecule has 0 fully saturated rings. The first kappa shape index (κ1) is 8.29. The zero-order chi connectivity index (χ0) is 8.43. The van der Waals surface area contributed by atoms with Gasteiger partial charge in [-0.2, -0.15) is 0 Å². The zero-order valence-electron chi connectivity index (χ0n) is 5.74. The predicted molar refractivity (Wildman–Crippen MR) is 40.3 cm³/mol. The number of nitrogens with zero attached hydrogens (tertiary/aromatic N) is 1. The first-order chi connectivity index (χ1) is 5.13. The van der Waals surface area contributed by atoms with Gasteiger partial charge in [-0.05, 0) is 22.0 Å². The molecule has 0 atom stereocenters. The van der Waals surface area contributed by atoms with Gasteiger partial charge in [0.05, 0.1) is 11.8 Å². The van der Waals surface area contributed by atoms with Crippen LogP contribution in [0.1, 0.15) is 10.4 Å². The highest BCUT2D eigenvalue weighted by Gasteiger charge is 2.14. The molecule has 0 saturated heterocycles. The molecular formula is C6H6BrNO3. The van der Waals surface area contributed by atoms with Crippen molar-refractivity contribution in [3.63, 3.8) is 0 Å². The van der Waals surface area contributed by atoms with Crippen molar-refractivity contribution in [1.82, 2.24) is 5.06 Å². The molecule has 0 aliphatic rings. The number of rotatable bonds is 1. The summed E-state index contributed by atoms with van der Waals surface area (Å²) >= 11 is 3.01. The van der Waals surface area contributed by atoms with E-state index in [0.717, 1.165) is 0 Å². The number of furan rings is 1. The molecule has 0 aromatic carbocycles. The lowest BCUT2D eigenvalue weighted by atomic mass is 10.3. The van der Waals surface area contributed by atoms with Crippen molar-refractivity contribution in [2.45, 2.75) is 0 Å². The molecule has 4 nitrogen and oxygen atoms in total. The van der Waals surface area contributed by atoms with Gasteiger partial charge < -0.3 is 4.42 Å². The Labute approximate surface area is 71.5 Å². The largest absolute Gasteiger partial charge is 0.457 e. The fraction of sp³-hybridized carbons (Fsp3) is 0.167. The van der Waals surface area contributed by atoms with Gasteiger partial charge in [0, 0.05) is 7.05 Å². The number of halogens is 1. The molecule has 0 aliphatic heterocycles. The van der Waals surface area contributed by atoms with E-state index >= 15 is 0 Å². The summed E-state index contributed by atoms with van der Waals surface area (Å²) in [5.41, 5.74) is 0.301. The Morgan fingerprint density at radius 3 is 2.82 bits per heavy atom. The highest BCUT2D eigenvalue weighted by atomic mass is 79.9. The van der Waals surface area contributed by atoms with Crippen LogP contribution < -0.4 is 0 Å². The van der Waals surface area contributed by atoms with Crippen LogP contribution in [0.15, 0.2) is 21.4 Å². The third-order valence-electron chi connectivity index (χ3n) is 1.14. The van der Waals surface area contributed by atoms with Gasteiger partial charge in [-0.25, -0.2) is 5.06 Å². The fourth-order valence-corrected chi connectivity index (χ4v) is 1.03. The second kappa shape index (κ2) is 3.06. The Morgan fingerprint density at radius 2 is 2.45 bits per heavy atom. The Balaban J connectivity index is 2.93. The summed E-state index contributed by atoms with van der Waals surface area (Å²) in [5.74, 6) is -0.509. The molecule has 1 aromatic heterocycles. The SMILES string of the molecule is CN(O)C(=O)c1ccoc1Br. The number of hydrogen-bond acceptors (Lipinski definition) is 3. The monoisotopic (exact) mass is 219 g/mol. The number of carbonyl (C=O) groups excluding carboxylic acids is 1. The molecule has 0 bridgehead atoms. The zero-order valence-corrected chi connectivity index (χ0v) is 7.33. The Kier molecular flexibility index (Phi) is 2.31. The molecule has 0 unspecified atom stereocenters. The minimum atomic E-state index is -0.509. The van der Waals surface area contributed by atoms with E-state index in [1.807, 2.05) is 0 Å². The van der Waals surface area contributed by atoms with Gasteiger partial charge in [0.2, 0.25) is 0 Å². The number of hydrogen-bond donors (Lipinski definition) is 1. The van der Waals surface area contributed by atoms with Crippen molar-refractivity contribution in [2.24, 2.45) is 0 Å². The minimum Gasteiger partial charge on any atom is -0.457 e. The average molecular weight is 220 g/mol. The van der Waals surface area contributed by atoms with Gasteiger partial charge in [-0.15, -0.1) is 0 Å². The van der Waals surface area contributed by atoms with Crippen molar-refractivity contribution < 1.29 is 14.4 Å². The van der Waals surface area contributed by atoms with Crippen LogP contribution in [-0.4, -0.2) is 23.2 Å². The van der Waals surface area contributed by atoms with Gasteiger partial charge in [-0.1, -0.05) is 0 Å². The van der Waals surface area contributed by atoms with E-state index in [1.54, 1.807) is 0 Å². The Hall–Kier alpha value is -0.810. The highest BCUT2D eigenvalue weighted by molar-refractivity contribution is 9.10. The molecule has 0 saturated carbocycles. The normalized spacial score (nSPS) is 9.73. The molecule has 0 aliphatic carbocycles. The van der Waals surface area contributed by atoms with Crippen LogP contribution in [0.25, 0.3) is 0 Å². The van der Waals surface area contributed by atoms with Crippen LogP contribution in [0, 0.1) is 0 Å². The molecule has 1 aromatic rings. The van der Waals surface area contributed by atoms with Gasteiger partial charge >= 0.3 is 0 Å². The maximum Gasteiger partial charge on any atom is 0.281 e. The summed E-state index contributed by atoms with van der Waals surface area (Å²) in [7, 11) is 1.25. The Bertz CT molecular complexity index is 269. The second-order valence-electron chi connectivity index (χ2n) is 1.94. The van der Waals surface area contributed by atoms with Crippen molar-refractivity contribution >= 4 is 21.8 Å². The van der Waals surface area contributed by atoms with Crippen LogP contribution >= 0.6 is 15.9 Å². The first-order valence-electron chi connectivity index (χ1n) is 2.83. The Morgan fingerprint density at radius 1 is 1.82 bits per heavy atom. The van der Waals surface area contributed by atoms with E-state index in [9.17, 15) is 4.79 Å². The van der Waals surface area contributed by atoms with Crippen LogP contribution in [0.4, 0.5) is 0 Å². The third-order valence-corrected chi connectivity index (χ3v) is 1.76. The summed E-state index contributed by atoms with van der Waals surface area (Å²) in [5, 5.41) is 9.23. The molecule has 1 N–H and O–H groups in total. The van der Waals surface area contributed by atoms with E-state index in [2.05, 4.69) is 15.9 Å². The van der Waals surface area contributed by atoms with Crippen LogP contribution in [-0.2, 0) is 0 Å². The van der Waals surface area contributed by atoms with Crippen LogP contribution in [0.3, 0.4) is 0 Å². The van der Waals surface area contributed by atoms with Crippen LogP contribution in [0.2, 0.25) is 0 Å². The lowest BCUT2D eigenvalue weighted by molar-refractivity contribution is -0.0376. The molecule has 11 heavy (non-hydrogen) atoms. The summed E-state index contributed by atoms with van der Waals surface area (Å²) in [4.78, 5) is 11.0. The topological polar surface area (TPSA) is 53.7 Å². The minimum absolute atomic E-state index is 0.301. The average Bonchev–Trinajstić information content (AvgIpc) is 2.33. The maximum atomic E-state index is 11.0. The molecule has 0 spiro atoms. The van der Waals surface area contributed by atoms with Gasteiger partial charge in [0.25, 0.3) is 5.91 Å². The van der Waals surface area contributed by atoms with Crippen molar-refractivity contribution in [3.8, 4) is 0 Å². The standard InChI is InChI=1S/C6H6BrNO3/c1-8(10)6(9)4-2-3-11-5(4)7/h2-3,10H,1H3. The highest BCUT2D eigenvalue weighted by Crippen LogP contribution is 2.18. The number of amides is 1. The second-order valence-corrected chi connectivity index (χ2v) is 2.66. The number of hydroxylamine groups is 2. The summed E-state index contributed by atoms with van der Waals surface area (Å²) in [6.07, 6.45) is 1.36. The molecule has 5 heteroatoms. The third kappa shape index (κ3) is 1.61. The van der Waals surface area contributed by atoms with Crippen molar-refractivity contribution in [2.75, 3.05) is 7.05 Å². The summed E-state index contributed by atoms with van der Waals surface area (Å²) in [6, 6.07) is 1.47. The van der Waals surface area contributed by atoms with Gasteiger partial charge in [-0.3, -0.25) is 10.0 Å². The molecule has 1 heterocycles. The maximum absolute atomic E-state index is 11.0. The van der Waals surface area contributed by atoms with Gasteiger partial charge in [0.15, 0.2) is 4.67 Å². The first-order valence-corrected chi connectivity index (χ1v) is 3.62. The lowest BCUT2D eigenvalue weighted by Gasteiger charge is -2.05. The van der Waals surface area contributed by atoms with Crippen molar-refractivity contribution in [3.05, 3.63) is 22.6 Å². The van der Waals surface area contributed by atoms with E-state index in [1.165, 1.54) is 19.4 Å². The lowest BCUT2D eigenvalue weighted by Crippen LogP contribution is -2.22. The van der Waals surface area contributed by atoms with Crippen molar-refractivity contribution in [1.29, 1.82) is 0 Å². The fourth-order valence-electron chi connectivity index (χ4n) is 0.620. The molecule has 60 valence electrons. The smallest absolute Gasteiger partial charge is 0.281 e. The molecule has 1 rings (SSSR count). The van der Waals surface area contributed by atoms with E-state index in [-0.39, 0.29) is 0 Å².